The van der Waals surface area contributed by atoms with E-state index in [0.29, 0.717) is 23.3 Å². The summed E-state index contributed by atoms with van der Waals surface area (Å²) in [6, 6.07) is 16.3. The number of carbonyl (C=O) groups excluding carboxylic acids is 1. The van der Waals surface area contributed by atoms with Crippen molar-refractivity contribution in [2.24, 2.45) is 0 Å². The standard InChI is InChI=1S/C21H23N3O2S2/c1-14(2)28-18-6-4-5-16(13-18)20-23-24-21(26-20)22-19(25)11-12-27-17-9-7-15(3)8-10-17/h4-10,13-14H,11-12H2,1-3H3,(H,22,24,25). The van der Waals surface area contributed by atoms with Gasteiger partial charge in [0.15, 0.2) is 0 Å². The molecule has 1 aromatic heterocycles. The fourth-order valence-electron chi connectivity index (χ4n) is 2.44. The van der Waals surface area contributed by atoms with Gasteiger partial charge in [-0.15, -0.1) is 28.6 Å². The Bertz CT molecular complexity index is 923. The van der Waals surface area contributed by atoms with Crippen LogP contribution in [0.5, 0.6) is 0 Å². The Morgan fingerprint density at radius 2 is 1.89 bits per heavy atom. The van der Waals surface area contributed by atoms with Gasteiger partial charge in [-0.1, -0.05) is 42.7 Å². The summed E-state index contributed by atoms with van der Waals surface area (Å²) >= 11 is 3.42. The first kappa shape index (κ1) is 20.5. The van der Waals surface area contributed by atoms with Crippen LogP contribution in [0.15, 0.2) is 62.7 Å². The molecule has 0 fully saturated rings. The van der Waals surface area contributed by atoms with E-state index in [0.717, 1.165) is 15.4 Å². The molecule has 0 bridgehead atoms. The van der Waals surface area contributed by atoms with E-state index in [1.54, 1.807) is 23.5 Å². The van der Waals surface area contributed by atoms with Crippen LogP contribution < -0.4 is 5.32 Å². The predicted octanol–water partition coefficient (Wildman–Crippen LogP) is 5.67. The summed E-state index contributed by atoms with van der Waals surface area (Å²) in [5, 5.41) is 11.2. The first-order chi connectivity index (χ1) is 13.5. The van der Waals surface area contributed by atoms with Crippen molar-refractivity contribution in [2.45, 2.75) is 42.2 Å². The number of nitrogens with one attached hydrogen (secondary N) is 1. The van der Waals surface area contributed by atoms with Crippen molar-refractivity contribution in [1.29, 1.82) is 0 Å². The maximum Gasteiger partial charge on any atom is 0.322 e. The van der Waals surface area contributed by atoms with Crippen molar-refractivity contribution >= 4 is 35.4 Å². The van der Waals surface area contributed by atoms with Crippen LogP contribution in [0.2, 0.25) is 0 Å². The van der Waals surface area contributed by atoms with Crippen LogP contribution in [0.4, 0.5) is 6.01 Å². The fourth-order valence-corrected chi connectivity index (χ4v) is 4.19. The minimum absolute atomic E-state index is 0.127. The average molecular weight is 414 g/mol. The molecule has 5 nitrogen and oxygen atoms in total. The van der Waals surface area contributed by atoms with Gasteiger partial charge in [0, 0.05) is 32.8 Å². The van der Waals surface area contributed by atoms with E-state index in [2.05, 4.69) is 66.6 Å². The van der Waals surface area contributed by atoms with Gasteiger partial charge in [0.1, 0.15) is 0 Å². The SMILES string of the molecule is Cc1ccc(SCCC(=O)Nc2nnc(-c3cccc(SC(C)C)c3)o2)cc1. The molecule has 2 aromatic carbocycles. The second-order valence-electron chi connectivity index (χ2n) is 6.57. The maximum absolute atomic E-state index is 12.1. The van der Waals surface area contributed by atoms with E-state index >= 15 is 0 Å². The second-order valence-corrected chi connectivity index (χ2v) is 9.38. The molecular weight excluding hydrogens is 390 g/mol. The molecule has 0 aliphatic rings. The zero-order valence-electron chi connectivity index (χ0n) is 16.1. The van der Waals surface area contributed by atoms with Gasteiger partial charge in [-0.3, -0.25) is 10.1 Å². The number of thioether (sulfide) groups is 2. The van der Waals surface area contributed by atoms with Crippen LogP contribution in [-0.2, 0) is 4.79 Å². The molecule has 0 saturated carbocycles. The Balaban J connectivity index is 1.52. The number of rotatable bonds is 8. The second kappa shape index (κ2) is 9.80. The molecular formula is C21H23N3O2S2. The minimum atomic E-state index is -0.140. The maximum atomic E-state index is 12.1. The van der Waals surface area contributed by atoms with Crippen LogP contribution in [0, 0.1) is 6.92 Å². The molecule has 28 heavy (non-hydrogen) atoms. The van der Waals surface area contributed by atoms with E-state index in [-0.39, 0.29) is 11.9 Å². The molecule has 0 aliphatic heterocycles. The topological polar surface area (TPSA) is 68.0 Å². The smallest absolute Gasteiger partial charge is 0.322 e. The Labute approximate surface area is 173 Å². The largest absolute Gasteiger partial charge is 0.403 e. The number of anilines is 1. The van der Waals surface area contributed by atoms with Gasteiger partial charge in [0.05, 0.1) is 0 Å². The Hall–Kier alpha value is -2.25. The van der Waals surface area contributed by atoms with E-state index in [4.69, 9.17) is 4.42 Å². The van der Waals surface area contributed by atoms with Crippen molar-refractivity contribution in [3.63, 3.8) is 0 Å². The zero-order chi connectivity index (χ0) is 19.9. The van der Waals surface area contributed by atoms with E-state index in [9.17, 15) is 4.79 Å². The molecule has 7 heteroatoms. The Kier molecular flexibility index (Phi) is 7.17. The lowest BCUT2D eigenvalue weighted by atomic mass is 10.2. The predicted molar refractivity (Wildman–Crippen MR) is 116 cm³/mol. The van der Waals surface area contributed by atoms with Gasteiger partial charge >= 0.3 is 6.01 Å². The van der Waals surface area contributed by atoms with Crippen LogP contribution >= 0.6 is 23.5 Å². The molecule has 0 radical (unpaired) electrons. The van der Waals surface area contributed by atoms with Crippen LogP contribution in [-0.4, -0.2) is 27.1 Å². The molecule has 0 saturated heterocycles. The highest BCUT2D eigenvalue weighted by Crippen LogP contribution is 2.28. The molecule has 0 aliphatic carbocycles. The highest BCUT2D eigenvalue weighted by atomic mass is 32.2. The molecule has 0 unspecified atom stereocenters. The first-order valence-corrected chi connectivity index (χ1v) is 11.0. The summed E-state index contributed by atoms with van der Waals surface area (Å²) in [7, 11) is 0. The summed E-state index contributed by atoms with van der Waals surface area (Å²) in [4.78, 5) is 14.4. The highest BCUT2D eigenvalue weighted by molar-refractivity contribution is 8.00. The average Bonchev–Trinajstić information content (AvgIpc) is 3.11. The molecule has 0 spiro atoms. The quantitative estimate of drug-likeness (QED) is 0.480. The Morgan fingerprint density at radius 1 is 1.11 bits per heavy atom. The summed E-state index contributed by atoms with van der Waals surface area (Å²) in [5.41, 5.74) is 2.07. The molecule has 1 heterocycles. The van der Waals surface area contributed by atoms with Gasteiger partial charge in [0.2, 0.25) is 11.8 Å². The lowest BCUT2D eigenvalue weighted by molar-refractivity contribution is -0.115. The van der Waals surface area contributed by atoms with Gasteiger partial charge < -0.3 is 4.42 Å². The van der Waals surface area contributed by atoms with Crippen LogP contribution in [0.1, 0.15) is 25.8 Å². The number of nitrogens with zero attached hydrogens (tertiary/aromatic N) is 2. The summed E-state index contributed by atoms with van der Waals surface area (Å²) in [6.45, 7) is 6.35. The number of benzene rings is 2. The number of aryl methyl sites for hydroxylation is 1. The van der Waals surface area contributed by atoms with E-state index in [1.165, 1.54) is 5.56 Å². The van der Waals surface area contributed by atoms with Crippen molar-refractivity contribution in [2.75, 3.05) is 11.1 Å². The number of hydrogen-bond acceptors (Lipinski definition) is 6. The number of hydrogen-bond donors (Lipinski definition) is 1. The lowest BCUT2D eigenvalue weighted by Gasteiger charge is -2.05. The minimum Gasteiger partial charge on any atom is -0.403 e. The summed E-state index contributed by atoms with van der Waals surface area (Å²) in [5.74, 6) is 0.944. The van der Waals surface area contributed by atoms with Gasteiger partial charge in [0.25, 0.3) is 0 Å². The van der Waals surface area contributed by atoms with E-state index in [1.807, 2.05) is 18.2 Å². The molecule has 146 valence electrons. The summed E-state index contributed by atoms with van der Waals surface area (Å²) < 4.78 is 5.61. The fraction of sp³-hybridized carbons (Fsp3) is 0.286. The first-order valence-electron chi connectivity index (χ1n) is 9.09. The van der Waals surface area contributed by atoms with Gasteiger partial charge in [-0.2, -0.15) is 0 Å². The van der Waals surface area contributed by atoms with Crippen LogP contribution in [0.3, 0.4) is 0 Å². The third kappa shape index (κ3) is 6.14. The molecule has 3 rings (SSSR count). The van der Waals surface area contributed by atoms with Crippen molar-refractivity contribution in [3.05, 3.63) is 54.1 Å². The summed E-state index contributed by atoms with van der Waals surface area (Å²) in [6.07, 6.45) is 0.372. The monoisotopic (exact) mass is 413 g/mol. The molecule has 3 aromatic rings. The van der Waals surface area contributed by atoms with Crippen LogP contribution in [0.25, 0.3) is 11.5 Å². The lowest BCUT2D eigenvalue weighted by Crippen LogP contribution is -2.12. The van der Waals surface area contributed by atoms with Gasteiger partial charge in [-0.05, 0) is 37.3 Å². The zero-order valence-corrected chi connectivity index (χ0v) is 17.8. The third-order valence-electron chi connectivity index (χ3n) is 3.74. The van der Waals surface area contributed by atoms with Gasteiger partial charge in [-0.25, -0.2) is 0 Å². The molecule has 1 amide bonds. The third-order valence-corrected chi connectivity index (χ3v) is 5.75. The van der Waals surface area contributed by atoms with Crippen molar-refractivity contribution in [1.82, 2.24) is 10.2 Å². The number of amides is 1. The normalized spacial score (nSPS) is 11.0. The van der Waals surface area contributed by atoms with E-state index < -0.39 is 0 Å². The molecule has 0 atom stereocenters. The van der Waals surface area contributed by atoms with Crippen molar-refractivity contribution < 1.29 is 9.21 Å². The number of carbonyl (C=O) groups is 1. The number of aromatic nitrogens is 2. The highest BCUT2D eigenvalue weighted by Gasteiger charge is 2.12. The molecule has 1 N–H and O–H groups in total. The van der Waals surface area contributed by atoms with Crippen molar-refractivity contribution in [3.8, 4) is 11.5 Å². The Morgan fingerprint density at radius 3 is 2.64 bits per heavy atom.